The van der Waals surface area contributed by atoms with Crippen molar-refractivity contribution in [2.75, 3.05) is 5.32 Å². The number of nitro groups is 1. The largest absolute Gasteiger partial charge is 0.379 e. The third-order valence-electron chi connectivity index (χ3n) is 2.62. The molecule has 2 aromatic rings. The van der Waals surface area contributed by atoms with Crippen LogP contribution in [-0.2, 0) is 6.54 Å². The molecule has 0 atom stereocenters. The van der Waals surface area contributed by atoms with Crippen molar-refractivity contribution in [2.45, 2.75) is 6.54 Å². The number of hydrogen-bond acceptors (Lipinski definition) is 3. The number of halogens is 3. The predicted octanol–water partition coefficient (Wildman–Crippen LogP) is 3.62. The van der Waals surface area contributed by atoms with E-state index in [1.807, 2.05) is 0 Å². The summed E-state index contributed by atoms with van der Waals surface area (Å²) in [5, 5.41) is 13.0. The van der Waals surface area contributed by atoms with E-state index in [2.05, 4.69) is 5.32 Å². The van der Waals surface area contributed by atoms with Crippen molar-refractivity contribution >= 4 is 11.4 Å². The van der Waals surface area contributed by atoms with Gasteiger partial charge in [-0.25, -0.2) is 8.78 Å². The highest BCUT2D eigenvalue weighted by atomic mass is 19.1. The predicted molar refractivity (Wildman–Crippen MR) is 66.7 cm³/mol. The third kappa shape index (κ3) is 3.05. The molecule has 0 unspecified atom stereocenters. The molecule has 4 nitrogen and oxygen atoms in total. The third-order valence-corrected chi connectivity index (χ3v) is 2.62. The van der Waals surface area contributed by atoms with Crippen LogP contribution in [0.2, 0.25) is 0 Å². The fourth-order valence-electron chi connectivity index (χ4n) is 1.64. The van der Waals surface area contributed by atoms with Crippen molar-refractivity contribution in [3.63, 3.8) is 0 Å². The topological polar surface area (TPSA) is 55.2 Å². The van der Waals surface area contributed by atoms with E-state index < -0.39 is 28.1 Å². The SMILES string of the molecule is O=[N+]([O-])c1ccc(CNc2cc(F)ccc2F)cc1F. The Hall–Kier alpha value is -2.57. The summed E-state index contributed by atoms with van der Waals surface area (Å²) in [6.07, 6.45) is 0. The number of rotatable bonds is 4. The molecule has 7 heteroatoms. The highest BCUT2D eigenvalue weighted by molar-refractivity contribution is 5.46. The van der Waals surface area contributed by atoms with Gasteiger partial charge in [-0.05, 0) is 29.8 Å². The summed E-state index contributed by atoms with van der Waals surface area (Å²) in [4.78, 5) is 9.62. The van der Waals surface area contributed by atoms with Crippen LogP contribution in [0.4, 0.5) is 24.5 Å². The van der Waals surface area contributed by atoms with Crippen LogP contribution in [0.3, 0.4) is 0 Å². The Morgan fingerprint density at radius 2 is 1.80 bits per heavy atom. The molecule has 0 aromatic heterocycles. The molecule has 1 N–H and O–H groups in total. The first kappa shape index (κ1) is 13.9. The Labute approximate surface area is 112 Å². The maximum atomic E-state index is 13.4. The summed E-state index contributed by atoms with van der Waals surface area (Å²) in [5.74, 6) is -2.23. The molecule has 0 amide bonds. The van der Waals surface area contributed by atoms with Gasteiger partial charge in [-0.3, -0.25) is 10.1 Å². The number of hydrogen-bond donors (Lipinski definition) is 1. The molecule has 2 aromatic carbocycles. The number of benzene rings is 2. The van der Waals surface area contributed by atoms with Crippen LogP contribution in [0.5, 0.6) is 0 Å². The number of nitro benzene ring substituents is 1. The maximum Gasteiger partial charge on any atom is 0.304 e. The second kappa shape index (κ2) is 5.60. The molecule has 0 saturated heterocycles. The zero-order valence-corrected chi connectivity index (χ0v) is 10.1. The number of anilines is 1. The van der Waals surface area contributed by atoms with Gasteiger partial charge in [-0.1, -0.05) is 6.07 Å². The lowest BCUT2D eigenvalue weighted by Gasteiger charge is -2.08. The van der Waals surface area contributed by atoms with Gasteiger partial charge >= 0.3 is 5.69 Å². The molecule has 20 heavy (non-hydrogen) atoms. The standard InChI is InChI=1S/C13H9F3N2O2/c14-9-2-3-10(15)12(6-9)17-7-8-1-4-13(18(19)20)11(16)5-8/h1-6,17H,7H2. The Kier molecular flexibility index (Phi) is 3.88. The fraction of sp³-hybridized carbons (Fsp3) is 0.0769. The summed E-state index contributed by atoms with van der Waals surface area (Å²) in [6.45, 7) is 0.00921. The van der Waals surface area contributed by atoms with E-state index >= 15 is 0 Å². The quantitative estimate of drug-likeness (QED) is 0.688. The van der Waals surface area contributed by atoms with Crippen LogP contribution in [0.15, 0.2) is 36.4 Å². The van der Waals surface area contributed by atoms with Gasteiger partial charge in [0, 0.05) is 12.6 Å². The molecule has 0 aliphatic rings. The number of nitrogens with one attached hydrogen (secondary N) is 1. The zero-order valence-electron chi connectivity index (χ0n) is 10.1. The summed E-state index contributed by atoms with van der Waals surface area (Å²) in [7, 11) is 0. The monoisotopic (exact) mass is 282 g/mol. The molecule has 0 aliphatic carbocycles. The highest BCUT2D eigenvalue weighted by Gasteiger charge is 2.13. The molecule has 0 spiro atoms. The van der Waals surface area contributed by atoms with Crippen LogP contribution in [0.25, 0.3) is 0 Å². The second-order valence-corrected chi connectivity index (χ2v) is 4.02. The average molecular weight is 282 g/mol. The molecule has 2 rings (SSSR count). The van der Waals surface area contributed by atoms with Crippen LogP contribution < -0.4 is 5.32 Å². The molecular formula is C13H9F3N2O2. The van der Waals surface area contributed by atoms with Crippen LogP contribution in [0.1, 0.15) is 5.56 Å². The van der Waals surface area contributed by atoms with Gasteiger partial charge in [-0.2, -0.15) is 4.39 Å². The van der Waals surface area contributed by atoms with E-state index in [4.69, 9.17) is 0 Å². The van der Waals surface area contributed by atoms with Crippen LogP contribution in [0, 0.1) is 27.6 Å². The van der Waals surface area contributed by atoms with E-state index in [1.165, 1.54) is 6.07 Å². The Bertz CT molecular complexity index is 662. The van der Waals surface area contributed by atoms with Crippen molar-refractivity contribution in [3.8, 4) is 0 Å². The van der Waals surface area contributed by atoms with Crippen molar-refractivity contribution in [1.82, 2.24) is 0 Å². The van der Waals surface area contributed by atoms with Crippen molar-refractivity contribution < 1.29 is 18.1 Å². The molecule has 0 saturated carbocycles. The normalized spacial score (nSPS) is 10.3. The molecule has 0 heterocycles. The fourth-order valence-corrected chi connectivity index (χ4v) is 1.64. The van der Waals surface area contributed by atoms with E-state index in [1.54, 1.807) is 0 Å². The minimum absolute atomic E-state index is 0.00921. The smallest absolute Gasteiger partial charge is 0.304 e. The zero-order chi connectivity index (χ0) is 14.7. The van der Waals surface area contributed by atoms with E-state index in [9.17, 15) is 23.3 Å². The van der Waals surface area contributed by atoms with Crippen molar-refractivity contribution in [3.05, 3.63) is 69.5 Å². The summed E-state index contributed by atoms with van der Waals surface area (Å²) in [6, 6.07) is 6.25. The first-order valence-corrected chi connectivity index (χ1v) is 5.59. The maximum absolute atomic E-state index is 13.4. The Balaban J connectivity index is 2.13. The first-order valence-electron chi connectivity index (χ1n) is 5.59. The lowest BCUT2D eigenvalue weighted by Crippen LogP contribution is -2.03. The molecule has 0 radical (unpaired) electrons. The van der Waals surface area contributed by atoms with E-state index in [-0.39, 0.29) is 12.2 Å². The van der Waals surface area contributed by atoms with E-state index in [0.717, 1.165) is 30.3 Å². The Morgan fingerprint density at radius 3 is 2.45 bits per heavy atom. The van der Waals surface area contributed by atoms with Crippen LogP contribution >= 0.6 is 0 Å². The molecule has 104 valence electrons. The van der Waals surface area contributed by atoms with Gasteiger partial charge in [-0.15, -0.1) is 0 Å². The van der Waals surface area contributed by atoms with Crippen molar-refractivity contribution in [2.24, 2.45) is 0 Å². The lowest BCUT2D eigenvalue weighted by atomic mass is 10.2. The second-order valence-electron chi connectivity index (χ2n) is 4.02. The van der Waals surface area contributed by atoms with Gasteiger partial charge in [0.15, 0.2) is 0 Å². The summed E-state index contributed by atoms with van der Waals surface area (Å²) in [5.41, 5.74) is -0.328. The van der Waals surface area contributed by atoms with E-state index in [0.29, 0.717) is 5.56 Å². The van der Waals surface area contributed by atoms with Gasteiger partial charge in [0.05, 0.1) is 10.6 Å². The summed E-state index contributed by atoms with van der Waals surface area (Å²) >= 11 is 0. The van der Waals surface area contributed by atoms with Gasteiger partial charge in [0.1, 0.15) is 11.6 Å². The highest BCUT2D eigenvalue weighted by Crippen LogP contribution is 2.20. The van der Waals surface area contributed by atoms with Crippen LogP contribution in [-0.4, -0.2) is 4.92 Å². The average Bonchev–Trinajstić information content (AvgIpc) is 2.39. The van der Waals surface area contributed by atoms with Gasteiger partial charge in [0.25, 0.3) is 0 Å². The number of nitrogens with zero attached hydrogens (tertiary/aromatic N) is 1. The minimum Gasteiger partial charge on any atom is -0.379 e. The van der Waals surface area contributed by atoms with Gasteiger partial charge < -0.3 is 5.32 Å². The molecule has 0 fully saturated rings. The minimum atomic E-state index is -0.978. The Morgan fingerprint density at radius 1 is 1.05 bits per heavy atom. The molecule has 0 aliphatic heterocycles. The molecular weight excluding hydrogens is 273 g/mol. The lowest BCUT2D eigenvalue weighted by molar-refractivity contribution is -0.387. The summed E-state index contributed by atoms with van der Waals surface area (Å²) < 4.78 is 39.6. The van der Waals surface area contributed by atoms with Crippen molar-refractivity contribution in [1.29, 1.82) is 0 Å². The first-order chi connectivity index (χ1) is 9.47. The molecule has 0 bridgehead atoms. The van der Waals surface area contributed by atoms with Gasteiger partial charge in [0.2, 0.25) is 5.82 Å².